The molecule has 9 rings (SSSR count). The number of furan rings is 1. The molecule has 0 saturated heterocycles. The van der Waals surface area contributed by atoms with E-state index in [0.29, 0.717) is 23.2 Å². The smallest absolute Gasteiger partial charge is 0 e. The Hall–Kier alpha value is -5.21. The Kier molecular flexibility index (Phi) is 11.9. The van der Waals surface area contributed by atoms with Crippen molar-refractivity contribution in [3.05, 3.63) is 161 Å². The molecule has 323 valence electrons. The van der Waals surface area contributed by atoms with Gasteiger partial charge in [-0.3, -0.25) is 4.98 Å². The first-order valence-electron chi connectivity index (χ1n) is 23.3. The normalized spacial score (nSPS) is 13.1. The molecular formula is C55H55FGeIrN4O-2. The average molecular weight is 1080 g/mol. The van der Waals surface area contributed by atoms with E-state index < -0.39 is 31.8 Å². The van der Waals surface area contributed by atoms with Gasteiger partial charge in [-0.15, -0.1) is 17.7 Å². The Morgan fingerprint density at radius 1 is 0.778 bits per heavy atom. The molecule has 0 saturated carbocycles. The van der Waals surface area contributed by atoms with Crippen molar-refractivity contribution in [1.82, 2.24) is 19.5 Å². The van der Waals surface area contributed by atoms with Crippen LogP contribution in [0, 0.1) is 31.7 Å². The van der Waals surface area contributed by atoms with Gasteiger partial charge in [0.2, 0.25) is 5.71 Å². The molecule has 0 fully saturated rings. The summed E-state index contributed by atoms with van der Waals surface area (Å²) in [5.41, 5.74) is 12.4. The molecule has 0 spiro atoms. The summed E-state index contributed by atoms with van der Waals surface area (Å²) in [6, 6.07) is 42.6. The second kappa shape index (κ2) is 18.5. The largest absolute Gasteiger partial charge is 0 e. The minimum Gasteiger partial charge on any atom is 0 e. The number of imidazole rings is 1. The maximum absolute atomic E-state index is 14.8. The molecular weight excluding hydrogens is 1020 g/mol. The van der Waals surface area contributed by atoms with Gasteiger partial charge in [0, 0.05) is 36.9 Å². The van der Waals surface area contributed by atoms with Crippen LogP contribution in [0.25, 0.3) is 72.6 Å². The van der Waals surface area contributed by atoms with Crippen LogP contribution in [0.1, 0.15) is 92.7 Å². The number of rotatable bonds is 8. The number of fused-ring (bicyclic) bond motifs is 4. The van der Waals surface area contributed by atoms with Crippen LogP contribution in [-0.2, 0) is 20.1 Å². The fraction of sp³-hybridized carbons (Fsp3) is 0.255. The van der Waals surface area contributed by atoms with Crippen LogP contribution >= 0.6 is 0 Å². The van der Waals surface area contributed by atoms with E-state index in [1.165, 1.54) is 40.1 Å². The van der Waals surface area contributed by atoms with E-state index >= 15 is 0 Å². The van der Waals surface area contributed by atoms with Gasteiger partial charge in [-0.1, -0.05) is 87.7 Å². The molecule has 4 heterocycles. The molecule has 0 bridgehead atoms. The molecule has 0 aliphatic carbocycles. The summed E-state index contributed by atoms with van der Waals surface area (Å²) in [6.45, 7) is 12.1. The Balaban J connectivity index is 0.000000221. The molecule has 8 heteroatoms. The number of nitrogens with zero attached hydrogens (tertiary/aromatic N) is 4. The predicted molar refractivity (Wildman–Crippen MR) is 259 cm³/mol. The zero-order valence-corrected chi connectivity index (χ0v) is 42.0. The van der Waals surface area contributed by atoms with Crippen molar-refractivity contribution in [1.29, 1.82) is 0 Å². The molecule has 5 nitrogen and oxygen atoms in total. The molecule has 0 amide bonds. The van der Waals surface area contributed by atoms with Gasteiger partial charge in [-0.2, -0.15) is 0 Å². The summed E-state index contributed by atoms with van der Waals surface area (Å²) in [4.78, 5) is 14.2. The van der Waals surface area contributed by atoms with Crippen molar-refractivity contribution in [2.45, 2.75) is 90.3 Å². The van der Waals surface area contributed by atoms with E-state index in [4.69, 9.17) is 14.9 Å². The van der Waals surface area contributed by atoms with Gasteiger partial charge in [0.1, 0.15) is 0 Å². The van der Waals surface area contributed by atoms with E-state index in [0.717, 1.165) is 54.4 Å². The van der Waals surface area contributed by atoms with E-state index in [-0.39, 0.29) is 31.2 Å². The Morgan fingerprint density at radius 2 is 1.48 bits per heavy atom. The SMILES string of the molecule is Cc1ccc2c(n1)oc1cc(-c3nc4ccccc4n3-c3c(C(C)C)cc(-c4ccccc4)cc3C(C)C)[c-]cc12.[2H]C([2H])([2H])c1cc[c-]c(-c2cc(C([2H])(C)C)[c]([Ge]([CH3])([CH3])[CH3])cn2)c1F.[Ir]. The summed E-state index contributed by atoms with van der Waals surface area (Å²) in [5.74, 6) is 6.43. The fourth-order valence-corrected chi connectivity index (χ4v) is 11.5. The molecule has 1 radical (unpaired) electrons. The molecule has 5 aromatic carbocycles. The quantitative estimate of drug-likeness (QED) is 0.112. The first-order chi connectivity index (χ1) is 31.1. The van der Waals surface area contributed by atoms with Crippen molar-refractivity contribution in [2.75, 3.05) is 0 Å². The first-order valence-corrected chi connectivity index (χ1v) is 28.6. The van der Waals surface area contributed by atoms with E-state index in [1.807, 2.05) is 19.1 Å². The van der Waals surface area contributed by atoms with Crippen LogP contribution in [0.2, 0.25) is 17.3 Å². The number of para-hydroxylation sites is 2. The average Bonchev–Trinajstić information content (AvgIpc) is 3.83. The van der Waals surface area contributed by atoms with Crippen LogP contribution < -0.4 is 4.40 Å². The molecule has 0 aliphatic rings. The predicted octanol–water partition coefficient (Wildman–Crippen LogP) is 14.7. The van der Waals surface area contributed by atoms with E-state index in [1.54, 1.807) is 26.1 Å². The second-order valence-electron chi connectivity index (χ2n) is 17.9. The van der Waals surface area contributed by atoms with Crippen molar-refractivity contribution in [3.63, 3.8) is 0 Å². The van der Waals surface area contributed by atoms with Crippen LogP contribution in [0.3, 0.4) is 0 Å². The maximum atomic E-state index is 14.8. The summed E-state index contributed by atoms with van der Waals surface area (Å²) >= 11 is -2.28. The van der Waals surface area contributed by atoms with Gasteiger partial charge < -0.3 is 8.98 Å². The number of halogens is 1. The zero-order chi connectivity index (χ0) is 47.5. The van der Waals surface area contributed by atoms with Crippen LogP contribution in [-0.4, -0.2) is 32.8 Å². The molecule has 0 atom stereocenters. The standard InChI is InChI=1S/C37H32N3O.C18H23FGeN.Ir/c1-22(2)30-19-27(25-11-7-6-8-12-25)20-31(23(3)4)35(30)40-33-14-10-9-13-32(33)39-36(40)26-16-18-28-29-17-15-24(5)38-37(29)41-34(28)21-26;1-12(2)15-10-17(21-11-16(15)20(4,5)6)14-9-7-8-13(3)18(14)19;/h6-15,17-23H,1-5H3;7-8,10-12H,1-6H3;/q2*-1;/i;3D3,12D;. The number of benzene rings is 5. The minimum absolute atomic E-state index is 0. The summed E-state index contributed by atoms with van der Waals surface area (Å²) < 4.78 is 55.3. The van der Waals surface area contributed by atoms with Crippen molar-refractivity contribution >= 4 is 50.8 Å². The molecule has 0 unspecified atom stereocenters. The van der Waals surface area contributed by atoms with Gasteiger partial charge in [0.05, 0.1) is 22.4 Å². The van der Waals surface area contributed by atoms with Gasteiger partial charge in [0.25, 0.3) is 0 Å². The molecule has 0 N–H and O–H groups in total. The van der Waals surface area contributed by atoms with Crippen LogP contribution in [0.5, 0.6) is 0 Å². The van der Waals surface area contributed by atoms with Crippen LogP contribution in [0.4, 0.5) is 4.39 Å². The van der Waals surface area contributed by atoms with E-state index in [2.05, 4.69) is 150 Å². The monoisotopic (exact) mass is 1080 g/mol. The van der Waals surface area contributed by atoms with Gasteiger partial charge in [-0.25, -0.2) is 4.98 Å². The topological polar surface area (TPSA) is 56.7 Å². The number of hydrogen-bond donors (Lipinski definition) is 0. The van der Waals surface area contributed by atoms with Crippen molar-refractivity contribution in [3.8, 4) is 39.5 Å². The zero-order valence-electron chi connectivity index (χ0n) is 41.5. The molecule has 63 heavy (non-hydrogen) atoms. The Labute approximate surface area is 393 Å². The Morgan fingerprint density at radius 3 is 2.14 bits per heavy atom. The number of pyridine rings is 2. The summed E-state index contributed by atoms with van der Waals surface area (Å²) in [5, 5.41) is 2.01. The van der Waals surface area contributed by atoms with E-state index in [9.17, 15) is 4.39 Å². The molecule has 0 aliphatic heterocycles. The van der Waals surface area contributed by atoms with Crippen LogP contribution in [0.15, 0.2) is 120 Å². The molecule has 9 aromatic rings. The number of hydrogen-bond acceptors (Lipinski definition) is 4. The van der Waals surface area contributed by atoms with Gasteiger partial charge in [-0.05, 0) is 71.3 Å². The van der Waals surface area contributed by atoms with Gasteiger partial charge >= 0.3 is 135 Å². The maximum Gasteiger partial charge on any atom is 0 e. The Bertz CT molecular complexity index is 3230. The third kappa shape index (κ3) is 9.11. The minimum atomic E-state index is -2.54. The number of aromatic nitrogens is 4. The summed E-state index contributed by atoms with van der Waals surface area (Å²) in [7, 11) is 0. The van der Waals surface area contributed by atoms with Gasteiger partial charge in [0.15, 0.2) is 0 Å². The van der Waals surface area contributed by atoms with Crippen molar-refractivity contribution < 1.29 is 34.4 Å². The number of aryl methyl sites for hydroxylation is 2. The second-order valence-corrected chi connectivity index (χ2v) is 28.5. The summed E-state index contributed by atoms with van der Waals surface area (Å²) in [6.07, 6.45) is 1.73. The molecule has 4 aromatic heterocycles. The fourth-order valence-electron chi connectivity index (χ4n) is 8.13. The first kappa shape index (κ1) is 40.6. The third-order valence-corrected chi connectivity index (χ3v) is 15.6. The third-order valence-electron chi connectivity index (χ3n) is 11.4. The van der Waals surface area contributed by atoms with Crippen molar-refractivity contribution in [2.24, 2.45) is 0 Å².